The van der Waals surface area contributed by atoms with E-state index in [2.05, 4.69) is 5.32 Å². The third kappa shape index (κ3) is 7.61. The summed E-state index contributed by atoms with van der Waals surface area (Å²) >= 11 is 0. The van der Waals surface area contributed by atoms with E-state index in [9.17, 15) is 9.59 Å². The summed E-state index contributed by atoms with van der Waals surface area (Å²) in [5.74, 6) is 0.410. The number of hydrogen-bond donors (Lipinski definition) is 1. The lowest BCUT2D eigenvalue weighted by Crippen LogP contribution is -2.44. The minimum Gasteiger partial charge on any atom is -0.497 e. The van der Waals surface area contributed by atoms with Gasteiger partial charge in [0.2, 0.25) is 0 Å². The number of ether oxygens (including phenoxy) is 5. The zero-order valence-corrected chi connectivity index (χ0v) is 21.3. The zero-order valence-electron chi connectivity index (χ0n) is 21.3. The van der Waals surface area contributed by atoms with Crippen LogP contribution in [0.3, 0.4) is 0 Å². The Balaban J connectivity index is 1.83. The molecule has 0 spiro atoms. The van der Waals surface area contributed by atoms with Crippen LogP contribution in [0, 0.1) is 0 Å². The second kappa shape index (κ2) is 12.3. The van der Waals surface area contributed by atoms with Gasteiger partial charge in [0.1, 0.15) is 29.3 Å². The van der Waals surface area contributed by atoms with Crippen molar-refractivity contribution in [1.29, 1.82) is 0 Å². The number of rotatable bonds is 10. The molecular formula is C28H33NO7. The largest absolute Gasteiger partial charge is 0.497 e. The van der Waals surface area contributed by atoms with Crippen LogP contribution in [0.5, 0.6) is 11.5 Å². The molecule has 0 aliphatic heterocycles. The van der Waals surface area contributed by atoms with Crippen LogP contribution in [0.4, 0.5) is 4.79 Å². The first-order valence-electron chi connectivity index (χ1n) is 11.6. The van der Waals surface area contributed by atoms with Crippen molar-refractivity contribution in [2.45, 2.75) is 39.0 Å². The van der Waals surface area contributed by atoms with Gasteiger partial charge >= 0.3 is 12.1 Å². The number of nitrogens with one attached hydrogen (secondary N) is 1. The van der Waals surface area contributed by atoms with E-state index in [0.717, 1.165) is 10.9 Å². The predicted molar refractivity (Wildman–Crippen MR) is 137 cm³/mol. The molecule has 0 fully saturated rings. The van der Waals surface area contributed by atoms with Gasteiger partial charge in [0.15, 0.2) is 0 Å². The molecule has 0 saturated heterocycles. The molecule has 0 aromatic heterocycles. The van der Waals surface area contributed by atoms with E-state index in [1.165, 1.54) is 7.11 Å². The van der Waals surface area contributed by atoms with E-state index in [0.29, 0.717) is 23.5 Å². The molecule has 0 unspecified atom stereocenters. The van der Waals surface area contributed by atoms with Gasteiger partial charge < -0.3 is 29.0 Å². The highest BCUT2D eigenvalue weighted by atomic mass is 16.6. The maximum absolute atomic E-state index is 12.5. The Labute approximate surface area is 211 Å². The van der Waals surface area contributed by atoms with Crippen LogP contribution in [-0.2, 0) is 20.8 Å². The summed E-state index contributed by atoms with van der Waals surface area (Å²) in [7, 11) is 2.88. The molecule has 0 bridgehead atoms. The maximum atomic E-state index is 12.5. The number of carbonyl (C=O) groups excluding carboxylic acids is 2. The molecular weight excluding hydrogens is 462 g/mol. The molecule has 1 atom stereocenters. The highest BCUT2D eigenvalue weighted by Gasteiger charge is 2.23. The topological polar surface area (TPSA) is 92.3 Å². The van der Waals surface area contributed by atoms with Gasteiger partial charge in [-0.3, -0.25) is 0 Å². The van der Waals surface area contributed by atoms with E-state index in [1.54, 1.807) is 40.0 Å². The second-order valence-corrected chi connectivity index (χ2v) is 9.18. The summed E-state index contributed by atoms with van der Waals surface area (Å²) in [6, 6.07) is 18.1. The molecule has 36 heavy (non-hydrogen) atoms. The van der Waals surface area contributed by atoms with Gasteiger partial charge in [0.05, 0.1) is 33.5 Å². The number of fused-ring (bicyclic) bond motifs is 1. The lowest BCUT2D eigenvalue weighted by atomic mass is 10.0. The maximum Gasteiger partial charge on any atom is 0.408 e. The third-order valence-electron chi connectivity index (χ3n) is 5.16. The minimum atomic E-state index is -0.662. The lowest BCUT2D eigenvalue weighted by Gasteiger charge is -2.24. The van der Waals surface area contributed by atoms with Gasteiger partial charge in [-0.2, -0.15) is 0 Å². The molecule has 0 saturated carbocycles. The van der Waals surface area contributed by atoms with Crippen molar-refractivity contribution < 1.29 is 33.3 Å². The van der Waals surface area contributed by atoms with Crippen molar-refractivity contribution in [3.8, 4) is 11.5 Å². The summed E-state index contributed by atoms with van der Waals surface area (Å²) in [4.78, 5) is 25.0. The van der Waals surface area contributed by atoms with Gasteiger partial charge in [0, 0.05) is 5.39 Å². The van der Waals surface area contributed by atoms with E-state index < -0.39 is 23.7 Å². The first-order chi connectivity index (χ1) is 17.2. The molecule has 8 heteroatoms. The van der Waals surface area contributed by atoms with Gasteiger partial charge in [-0.1, -0.05) is 42.5 Å². The third-order valence-corrected chi connectivity index (χ3v) is 5.16. The normalized spacial score (nSPS) is 12.0. The molecule has 3 aromatic rings. The van der Waals surface area contributed by atoms with Crippen molar-refractivity contribution in [3.05, 3.63) is 71.8 Å². The van der Waals surface area contributed by atoms with E-state index in [-0.39, 0.29) is 18.8 Å². The molecule has 0 radical (unpaired) electrons. The Morgan fingerprint density at radius 3 is 2.33 bits per heavy atom. The van der Waals surface area contributed by atoms with Crippen LogP contribution < -0.4 is 14.8 Å². The Kier molecular flexibility index (Phi) is 9.13. The fourth-order valence-electron chi connectivity index (χ4n) is 3.51. The van der Waals surface area contributed by atoms with Gasteiger partial charge in [-0.05, 0) is 49.9 Å². The van der Waals surface area contributed by atoms with Crippen molar-refractivity contribution in [2.75, 3.05) is 27.4 Å². The van der Waals surface area contributed by atoms with Crippen LogP contribution >= 0.6 is 0 Å². The summed E-state index contributed by atoms with van der Waals surface area (Å²) in [5.41, 5.74) is 0.605. The van der Waals surface area contributed by atoms with E-state index in [1.807, 2.05) is 48.5 Å². The molecule has 3 aromatic carbocycles. The zero-order chi connectivity index (χ0) is 26.1. The van der Waals surface area contributed by atoms with Crippen LogP contribution in [0.2, 0.25) is 0 Å². The van der Waals surface area contributed by atoms with Crippen LogP contribution in [0.25, 0.3) is 10.8 Å². The van der Waals surface area contributed by atoms with Crippen LogP contribution in [0.1, 0.15) is 36.7 Å². The second-order valence-electron chi connectivity index (χ2n) is 9.18. The molecule has 0 aliphatic rings. The van der Waals surface area contributed by atoms with Crippen LogP contribution in [0.15, 0.2) is 60.7 Å². The highest BCUT2D eigenvalue weighted by Crippen LogP contribution is 2.33. The SMILES string of the molecule is COC(=O)c1ccc2ccc(OC)cc2c1OC[C@@H](COCc1ccccc1)NC(=O)OC(C)(C)C. The molecule has 0 heterocycles. The number of alkyl carbamates (subject to hydrolysis) is 1. The summed E-state index contributed by atoms with van der Waals surface area (Å²) < 4.78 is 27.8. The smallest absolute Gasteiger partial charge is 0.408 e. The average Bonchev–Trinajstić information content (AvgIpc) is 2.85. The Morgan fingerprint density at radius 1 is 0.944 bits per heavy atom. The lowest BCUT2D eigenvalue weighted by molar-refractivity contribution is 0.0379. The van der Waals surface area contributed by atoms with Crippen molar-refractivity contribution in [3.63, 3.8) is 0 Å². The van der Waals surface area contributed by atoms with Crippen molar-refractivity contribution in [2.24, 2.45) is 0 Å². The first kappa shape index (κ1) is 26.8. The molecule has 8 nitrogen and oxygen atoms in total. The molecule has 192 valence electrons. The first-order valence-corrected chi connectivity index (χ1v) is 11.6. The fourth-order valence-corrected chi connectivity index (χ4v) is 3.51. The Hall–Kier alpha value is -3.78. The van der Waals surface area contributed by atoms with Crippen LogP contribution in [-0.4, -0.2) is 51.1 Å². The highest BCUT2D eigenvalue weighted by molar-refractivity contribution is 6.01. The van der Waals surface area contributed by atoms with Gasteiger partial charge in [0.25, 0.3) is 0 Å². The molecule has 3 rings (SSSR count). The number of benzene rings is 3. The quantitative estimate of drug-likeness (QED) is 0.390. The standard InChI is InChI=1S/C28H33NO7/c1-28(2,3)36-27(31)29-21(17-34-16-19-9-7-6-8-10-19)18-35-25-23(26(30)33-5)14-12-20-11-13-22(32-4)15-24(20)25/h6-15,21H,16-18H2,1-5H3,(H,29,31)/t21-/m1/s1. The summed E-state index contributed by atoms with van der Waals surface area (Å²) in [5, 5.41) is 4.35. The average molecular weight is 496 g/mol. The van der Waals surface area contributed by atoms with Crippen molar-refractivity contribution >= 4 is 22.8 Å². The minimum absolute atomic E-state index is 0.0222. The predicted octanol–water partition coefficient (Wildman–Crippen LogP) is 5.12. The number of hydrogen-bond acceptors (Lipinski definition) is 7. The summed E-state index contributed by atoms with van der Waals surface area (Å²) in [6.07, 6.45) is -0.591. The molecule has 0 aliphatic carbocycles. The van der Waals surface area contributed by atoms with Crippen molar-refractivity contribution in [1.82, 2.24) is 5.32 Å². The summed E-state index contributed by atoms with van der Waals surface area (Å²) in [6.45, 7) is 5.92. The number of carbonyl (C=O) groups is 2. The molecule has 1 amide bonds. The monoisotopic (exact) mass is 495 g/mol. The van der Waals surface area contributed by atoms with Gasteiger partial charge in [-0.25, -0.2) is 9.59 Å². The van der Waals surface area contributed by atoms with E-state index >= 15 is 0 Å². The number of methoxy groups -OCH3 is 2. The Morgan fingerprint density at radius 2 is 1.67 bits per heavy atom. The number of amides is 1. The Bertz CT molecular complexity index is 1170. The molecule has 1 N–H and O–H groups in total. The fraction of sp³-hybridized carbons (Fsp3) is 0.357. The van der Waals surface area contributed by atoms with E-state index in [4.69, 9.17) is 23.7 Å². The number of esters is 1. The van der Waals surface area contributed by atoms with Gasteiger partial charge in [-0.15, -0.1) is 0 Å².